The molecule has 2 aromatic rings. The van der Waals surface area contributed by atoms with Crippen LogP contribution in [-0.4, -0.2) is 58.4 Å². The molecular formula is C17H19Cl2N5O. The number of nitrogens with zero attached hydrogens (tertiary/aromatic N) is 4. The van der Waals surface area contributed by atoms with Crippen molar-refractivity contribution in [1.29, 1.82) is 0 Å². The van der Waals surface area contributed by atoms with Crippen molar-refractivity contribution in [3.63, 3.8) is 0 Å². The number of amides is 1. The summed E-state index contributed by atoms with van der Waals surface area (Å²) in [4.78, 5) is 25.1. The highest BCUT2D eigenvalue weighted by Crippen LogP contribution is 2.31. The Hall–Kier alpha value is -1.89. The van der Waals surface area contributed by atoms with Crippen molar-refractivity contribution < 1.29 is 4.79 Å². The van der Waals surface area contributed by atoms with E-state index in [2.05, 4.69) is 27.1 Å². The third-order valence-electron chi connectivity index (χ3n) is 4.19. The molecule has 6 nitrogen and oxygen atoms in total. The van der Waals surface area contributed by atoms with E-state index in [1.807, 2.05) is 4.90 Å². The molecule has 0 bridgehead atoms. The molecule has 3 rings (SSSR count). The Morgan fingerprint density at radius 1 is 1.16 bits per heavy atom. The number of likely N-dealkylation sites (N-methyl/N-ethyl adjacent to an activating group) is 1. The monoisotopic (exact) mass is 379 g/mol. The number of piperazine rings is 1. The van der Waals surface area contributed by atoms with Crippen LogP contribution in [0.4, 0.5) is 11.5 Å². The maximum Gasteiger partial charge on any atom is 0.274 e. The molecule has 1 N–H and O–H groups in total. The van der Waals surface area contributed by atoms with Crippen LogP contribution in [0.25, 0.3) is 0 Å². The van der Waals surface area contributed by atoms with Gasteiger partial charge >= 0.3 is 0 Å². The molecule has 1 fully saturated rings. The molecular weight excluding hydrogens is 361 g/mol. The summed E-state index contributed by atoms with van der Waals surface area (Å²) in [6.45, 7) is 6.35. The lowest BCUT2D eigenvalue weighted by Crippen LogP contribution is -2.48. The first-order valence-corrected chi connectivity index (χ1v) is 8.88. The van der Waals surface area contributed by atoms with Gasteiger partial charge in [0, 0.05) is 26.2 Å². The predicted octanol–water partition coefficient (Wildman–Crippen LogP) is 3.30. The number of benzene rings is 1. The Balaban J connectivity index is 1.66. The van der Waals surface area contributed by atoms with Crippen molar-refractivity contribution in [2.75, 3.05) is 38.0 Å². The zero-order chi connectivity index (χ0) is 17.8. The van der Waals surface area contributed by atoms with Gasteiger partial charge in [-0.15, -0.1) is 0 Å². The minimum absolute atomic E-state index is 0.0874. The number of carbonyl (C=O) groups is 1. The Kier molecular flexibility index (Phi) is 5.73. The van der Waals surface area contributed by atoms with Gasteiger partial charge in [0.05, 0.1) is 28.1 Å². The number of nitrogens with one attached hydrogen (secondary N) is 1. The van der Waals surface area contributed by atoms with E-state index < -0.39 is 0 Å². The molecule has 1 aromatic heterocycles. The van der Waals surface area contributed by atoms with Gasteiger partial charge < -0.3 is 15.1 Å². The topological polar surface area (TPSA) is 61.4 Å². The second-order valence-corrected chi connectivity index (χ2v) is 6.52. The van der Waals surface area contributed by atoms with E-state index in [1.165, 1.54) is 12.4 Å². The number of rotatable bonds is 4. The molecule has 25 heavy (non-hydrogen) atoms. The van der Waals surface area contributed by atoms with Crippen LogP contribution >= 0.6 is 23.2 Å². The fraction of sp³-hybridized carbons (Fsp3) is 0.353. The molecule has 1 amide bonds. The standard InChI is InChI=1S/C17H19Cl2N5O/c1-2-23-6-8-24(9-7-23)17(25)14-10-21-15(11-20-14)22-13-5-3-4-12(18)16(13)19/h3-5,10-11H,2,6-9H2,1H3,(H,21,22). The average molecular weight is 380 g/mol. The second kappa shape index (κ2) is 7.99. The lowest BCUT2D eigenvalue weighted by molar-refractivity contribution is 0.0637. The molecule has 0 atom stereocenters. The van der Waals surface area contributed by atoms with Crippen molar-refractivity contribution in [3.8, 4) is 0 Å². The van der Waals surface area contributed by atoms with Gasteiger partial charge in [-0.05, 0) is 18.7 Å². The molecule has 1 aromatic carbocycles. The van der Waals surface area contributed by atoms with Crippen LogP contribution in [-0.2, 0) is 0 Å². The summed E-state index contributed by atoms with van der Waals surface area (Å²) in [5.74, 6) is 0.409. The van der Waals surface area contributed by atoms with Crippen molar-refractivity contribution in [3.05, 3.63) is 46.3 Å². The van der Waals surface area contributed by atoms with Crippen molar-refractivity contribution in [1.82, 2.24) is 19.8 Å². The summed E-state index contributed by atoms with van der Waals surface area (Å²) in [6, 6.07) is 5.29. The summed E-state index contributed by atoms with van der Waals surface area (Å²) in [7, 11) is 0. The third kappa shape index (κ3) is 4.21. The quantitative estimate of drug-likeness (QED) is 0.882. The maximum absolute atomic E-state index is 12.5. The van der Waals surface area contributed by atoms with E-state index in [9.17, 15) is 4.79 Å². The van der Waals surface area contributed by atoms with Crippen molar-refractivity contribution in [2.45, 2.75) is 6.92 Å². The number of carbonyl (C=O) groups excluding carboxylic acids is 1. The van der Waals surface area contributed by atoms with E-state index in [-0.39, 0.29) is 5.91 Å². The van der Waals surface area contributed by atoms with Gasteiger partial charge in [0.15, 0.2) is 0 Å². The van der Waals surface area contributed by atoms with Crippen LogP contribution in [0, 0.1) is 0 Å². The number of hydrogen-bond acceptors (Lipinski definition) is 5. The fourth-order valence-electron chi connectivity index (χ4n) is 2.67. The minimum atomic E-state index is -0.0874. The lowest BCUT2D eigenvalue weighted by atomic mass is 10.3. The SMILES string of the molecule is CCN1CCN(C(=O)c2cnc(Nc3cccc(Cl)c3Cl)cn2)CC1. The third-order valence-corrected chi connectivity index (χ3v) is 5.01. The summed E-state index contributed by atoms with van der Waals surface area (Å²) >= 11 is 12.1. The normalized spacial score (nSPS) is 15.2. The van der Waals surface area contributed by atoms with Gasteiger partial charge in [-0.25, -0.2) is 9.97 Å². The molecule has 132 valence electrons. The highest BCUT2D eigenvalue weighted by molar-refractivity contribution is 6.43. The molecule has 0 aliphatic carbocycles. The summed E-state index contributed by atoms with van der Waals surface area (Å²) in [5.41, 5.74) is 0.978. The van der Waals surface area contributed by atoms with Crippen LogP contribution in [0.15, 0.2) is 30.6 Å². The molecule has 0 spiro atoms. The van der Waals surface area contributed by atoms with Gasteiger partial charge in [-0.2, -0.15) is 0 Å². The van der Waals surface area contributed by atoms with Crippen LogP contribution in [0.2, 0.25) is 10.0 Å². The van der Waals surface area contributed by atoms with Crippen LogP contribution < -0.4 is 5.32 Å². The van der Waals surface area contributed by atoms with E-state index >= 15 is 0 Å². The van der Waals surface area contributed by atoms with Crippen LogP contribution in [0.5, 0.6) is 0 Å². The molecule has 2 heterocycles. The largest absolute Gasteiger partial charge is 0.338 e. The van der Waals surface area contributed by atoms with Gasteiger partial charge in [-0.3, -0.25) is 4.79 Å². The zero-order valence-corrected chi connectivity index (χ0v) is 15.4. The summed E-state index contributed by atoms with van der Waals surface area (Å²) < 4.78 is 0. The molecule has 0 saturated carbocycles. The molecule has 1 aliphatic heterocycles. The van der Waals surface area contributed by atoms with Crippen LogP contribution in [0.3, 0.4) is 0 Å². The Bertz CT molecular complexity index is 745. The van der Waals surface area contributed by atoms with Gasteiger partial charge in [0.25, 0.3) is 5.91 Å². The first-order chi connectivity index (χ1) is 12.1. The zero-order valence-electron chi connectivity index (χ0n) is 13.9. The smallest absolute Gasteiger partial charge is 0.274 e. The fourth-order valence-corrected chi connectivity index (χ4v) is 3.02. The molecule has 0 radical (unpaired) electrons. The Morgan fingerprint density at radius 3 is 2.56 bits per heavy atom. The number of anilines is 2. The molecule has 8 heteroatoms. The van der Waals surface area contributed by atoms with Crippen LogP contribution in [0.1, 0.15) is 17.4 Å². The first-order valence-electron chi connectivity index (χ1n) is 8.13. The summed E-state index contributed by atoms with van der Waals surface area (Å²) in [6.07, 6.45) is 3.00. The maximum atomic E-state index is 12.5. The van der Waals surface area contributed by atoms with Gasteiger partial charge in [0.1, 0.15) is 11.5 Å². The van der Waals surface area contributed by atoms with E-state index in [1.54, 1.807) is 18.2 Å². The Morgan fingerprint density at radius 2 is 1.92 bits per heavy atom. The molecule has 1 saturated heterocycles. The Labute approximate surface area is 156 Å². The van der Waals surface area contributed by atoms with Crippen molar-refractivity contribution >= 4 is 40.6 Å². The molecule has 0 unspecified atom stereocenters. The van der Waals surface area contributed by atoms with E-state index in [0.717, 1.165) is 19.6 Å². The van der Waals surface area contributed by atoms with Gasteiger partial charge in [0.2, 0.25) is 0 Å². The minimum Gasteiger partial charge on any atom is -0.338 e. The van der Waals surface area contributed by atoms with Gasteiger partial charge in [-0.1, -0.05) is 36.2 Å². The first kappa shape index (κ1) is 17.9. The lowest BCUT2D eigenvalue weighted by Gasteiger charge is -2.33. The highest BCUT2D eigenvalue weighted by Gasteiger charge is 2.22. The number of hydrogen-bond donors (Lipinski definition) is 1. The highest BCUT2D eigenvalue weighted by atomic mass is 35.5. The number of aromatic nitrogens is 2. The van der Waals surface area contributed by atoms with Crippen molar-refractivity contribution in [2.24, 2.45) is 0 Å². The number of halogens is 2. The predicted molar refractivity (Wildman–Crippen MR) is 99.8 cm³/mol. The second-order valence-electron chi connectivity index (χ2n) is 5.74. The van der Waals surface area contributed by atoms with E-state index in [4.69, 9.17) is 23.2 Å². The van der Waals surface area contributed by atoms with E-state index in [0.29, 0.717) is 40.3 Å². The summed E-state index contributed by atoms with van der Waals surface area (Å²) in [5, 5.41) is 3.92. The average Bonchev–Trinajstić information content (AvgIpc) is 2.65. The molecule has 1 aliphatic rings.